The highest BCUT2D eigenvalue weighted by molar-refractivity contribution is 7.15. The molecule has 3 aliphatic heterocycles. The molecule has 0 radical (unpaired) electrons. The first-order valence-electron chi connectivity index (χ1n) is 8.35. The van der Waals surface area contributed by atoms with Crippen molar-refractivity contribution >= 4 is 16.5 Å². The van der Waals surface area contributed by atoms with Crippen LogP contribution < -0.4 is 4.90 Å². The van der Waals surface area contributed by atoms with Gasteiger partial charge >= 0.3 is 0 Å². The molecule has 4 rings (SSSR count). The summed E-state index contributed by atoms with van der Waals surface area (Å²) >= 11 is 1.80. The van der Waals surface area contributed by atoms with E-state index in [-0.39, 0.29) is 5.41 Å². The van der Waals surface area contributed by atoms with E-state index in [1.165, 1.54) is 45.4 Å². The average Bonchev–Trinajstić information content (AvgIpc) is 3.11. The minimum atomic E-state index is 0.117. The highest BCUT2D eigenvalue weighted by Gasteiger charge is 2.47. The van der Waals surface area contributed by atoms with Gasteiger partial charge in [-0.15, -0.1) is 10.2 Å². The lowest BCUT2D eigenvalue weighted by Gasteiger charge is -2.33. The maximum absolute atomic E-state index is 4.48. The maximum Gasteiger partial charge on any atom is 0.208 e. The van der Waals surface area contributed by atoms with Crippen molar-refractivity contribution in [3.63, 3.8) is 0 Å². The predicted molar refractivity (Wildman–Crippen MR) is 87.0 cm³/mol. The molecule has 0 amide bonds. The largest absolute Gasteiger partial charge is 0.346 e. The van der Waals surface area contributed by atoms with Crippen LogP contribution in [0.2, 0.25) is 0 Å². The maximum atomic E-state index is 4.48. The third-order valence-electron chi connectivity index (χ3n) is 5.45. The fraction of sp³-hybridized carbons (Fsp3) is 0.875. The van der Waals surface area contributed by atoms with Crippen LogP contribution in [-0.4, -0.2) is 47.3 Å². The number of anilines is 1. The van der Waals surface area contributed by atoms with Crippen molar-refractivity contribution in [3.8, 4) is 0 Å². The van der Waals surface area contributed by atoms with Crippen LogP contribution in [0.5, 0.6) is 0 Å². The predicted octanol–water partition coefficient (Wildman–Crippen LogP) is 2.76. The van der Waals surface area contributed by atoms with Gasteiger partial charge in [-0.1, -0.05) is 38.5 Å². The van der Waals surface area contributed by atoms with Gasteiger partial charge in [0.05, 0.1) is 0 Å². The van der Waals surface area contributed by atoms with Gasteiger partial charge in [0, 0.05) is 31.1 Å². The van der Waals surface area contributed by atoms with Crippen LogP contribution in [0.1, 0.15) is 45.0 Å². The first-order chi connectivity index (χ1) is 10.0. The number of piperidine rings is 1. The lowest BCUT2D eigenvalue weighted by Crippen LogP contribution is -2.39. The summed E-state index contributed by atoms with van der Waals surface area (Å²) in [5, 5.41) is 11.2. The molecule has 0 N–H and O–H groups in total. The van der Waals surface area contributed by atoms with Gasteiger partial charge < -0.3 is 4.90 Å². The molecular weight excluding hydrogens is 280 g/mol. The zero-order chi connectivity index (χ0) is 14.6. The van der Waals surface area contributed by atoms with Crippen molar-refractivity contribution in [3.05, 3.63) is 5.01 Å². The topological polar surface area (TPSA) is 32.3 Å². The highest BCUT2D eigenvalue weighted by atomic mass is 32.1. The van der Waals surface area contributed by atoms with Gasteiger partial charge in [0.15, 0.2) is 0 Å². The molecule has 0 saturated carbocycles. The lowest BCUT2D eigenvalue weighted by atomic mass is 9.90. The number of hydrogen-bond donors (Lipinski definition) is 0. The Morgan fingerprint density at radius 2 is 1.95 bits per heavy atom. The molecule has 3 saturated heterocycles. The van der Waals surface area contributed by atoms with E-state index in [1.54, 1.807) is 11.3 Å². The molecular formula is C16H26N4S. The van der Waals surface area contributed by atoms with Gasteiger partial charge in [-0.05, 0) is 31.2 Å². The molecule has 0 spiro atoms. The van der Waals surface area contributed by atoms with Crippen LogP contribution >= 0.6 is 11.3 Å². The molecule has 1 aromatic rings. The van der Waals surface area contributed by atoms with Gasteiger partial charge in [0.2, 0.25) is 5.13 Å². The van der Waals surface area contributed by atoms with Crippen molar-refractivity contribution < 1.29 is 0 Å². The Hall–Kier alpha value is -0.680. The van der Waals surface area contributed by atoms with Gasteiger partial charge in [-0.25, -0.2) is 0 Å². The second kappa shape index (κ2) is 4.92. The number of hydrogen-bond acceptors (Lipinski definition) is 5. The van der Waals surface area contributed by atoms with Crippen molar-refractivity contribution in [2.75, 3.05) is 31.1 Å². The summed E-state index contributed by atoms with van der Waals surface area (Å²) in [5.74, 6) is 1.72. The van der Waals surface area contributed by atoms with Crippen LogP contribution in [0.15, 0.2) is 0 Å². The molecule has 4 nitrogen and oxygen atoms in total. The summed E-state index contributed by atoms with van der Waals surface area (Å²) in [6.07, 6.45) is 4.25. The molecule has 3 fully saturated rings. The molecule has 0 unspecified atom stereocenters. The van der Waals surface area contributed by atoms with E-state index in [2.05, 4.69) is 40.8 Å². The van der Waals surface area contributed by atoms with Crippen LogP contribution in [0.3, 0.4) is 0 Å². The zero-order valence-corrected chi connectivity index (χ0v) is 14.2. The van der Waals surface area contributed by atoms with E-state index in [9.17, 15) is 0 Å². The van der Waals surface area contributed by atoms with Crippen molar-refractivity contribution in [1.29, 1.82) is 0 Å². The molecule has 21 heavy (non-hydrogen) atoms. The monoisotopic (exact) mass is 306 g/mol. The molecule has 3 aliphatic rings. The third kappa shape index (κ3) is 2.38. The molecule has 0 aromatic carbocycles. The van der Waals surface area contributed by atoms with Gasteiger partial charge in [0.1, 0.15) is 5.01 Å². The molecule has 116 valence electrons. The Bertz CT molecular complexity index is 521. The van der Waals surface area contributed by atoms with E-state index in [4.69, 9.17) is 0 Å². The van der Waals surface area contributed by atoms with E-state index in [0.717, 1.165) is 28.0 Å². The second-order valence-corrected chi connectivity index (χ2v) is 8.98. The molecule has 3 atom stereocenters. The molecule has 4 heterocycles. The first kappa shape index (κ1) is 13.9. The summed E-state index contributed by atoms with van der Waals surface area (Å²) in [4.78, 5) is 5.27. The van der Waals surface area contributed by atoms with Crippen LogP contribution in [-0.2, 0) is 5.41 Å². The summed E-state index contributed by atoms with van der Waals surface area (Å²) in [7, 11) is 0. The van der Waals surface area contributed by atoms with Gasteiger partial charge in [-0.3, -0.25) is 4.90 Å². The quantitative estimate of drug-likeness (QED) is 0.798. The van der Waals surface area contributed by atoms with E-state index in [1.807, 2.05) is 0 Å². The standard InChI is InChI=1S/C16H26N4S/c1-16(2,3)14-17-18-15(21-14)20-9-11-8-19-7-5-4-6-13(19)12(11)10-20/h11-13H,4-10H2,1-3H3/t11-,12-,13+/m0/s1. The fourth-order valence-corrected chi connectivity index (χ4v) is 5.28. The first-order valence-corrected chi connectivity index (χ1v) is 9.17. The lowest BCUT2D eigenvalue weighted by molar-refractivity contribution is 0.173. The van der Waals surface area contributed by atoms with Crippen LogP contribution in [0.25, 0.3) is 0 Å². The van der Waals surface area contributed by atoms with Gasteiger partial charge in [0.25, 0.3) is 0 Å². The minimum absolute atomic E-state index is 0.117. The third-order valence-corrected chi connectivity index (χ3v) is 6.86. The fourth-order valence-electron chi connectivity index (χ4n) is 4.36. The molecule has 1 aromatic heterocycles. The van der Waals surface area contributed by atoms with E-state index >= 15 is 0 Å². The Kier molecular flexibility index (Phi) is 3.26. The van der Waals surface area contributed by atoms with E-state index < -0.39 is 0 Å². The average molecular weight is 306 g/mol. The van der Waals surface area contributed by atoms with Crippen molar-refractivity contribution in [2.45, 2.75) is 51.5 Å². The highest BCUT2D eigenvalue weighted by Crippen LogP contribution is 2.42. The number of aromatic nitrogens is 2. The van der Waals surface area contributed by atoms with E-state index in [0.29, 0.717) is 0 Å². The molecule has 5 heteroatoms. The summed E-state index contributed by atoms with van der Waals surface area (Å²) < 4.78 is 0. The Balaban J connectivity index is 1.49. The number of fused-ring (bicyclic) bond motifs is 3. The normalized spacial score (nSPS) is 33.3. The number of nitrogens with zero attached hydrogens (tertiary/aromatic N) is 4. The van der Waals surface area contributed by atoms with Crippen LogP contribution in [0, 0.1) is 11.8 Å². The Labute approximate surface area is 131 Å². The Morgan fingerprint density at radius 3 is 2.71 bits per heavy atom. The molecule has 0 bridgehead atoms. The Morgan fingerprint density at radius 1 is 1.10 bits per heavy atom. The van der Waals surface area contributed by atoms with Crippen molar-refractivity contribution in [1.82, 2.24) is 15.1 Å². The summed E-state index contributed by atoms with van der Waals surface area (Å²) in [6.45, 7) is 11.7. The SMILES string of the molecule is CC(C)(C)c1nnc(N2C[C@@H]3CN4CCCC[C@@H]4[C@H]3C2)s1. The van der Waals surface area contributed by atoms with Gasteiger partial charge in [-0.2, -0.15) is 0 Å². The smallest absolute Gasteiger partial charge is 0.208 e. The zero-order valence-electron chi connectivity index (χ0n) is 13.4. The summed E-state index contributed by atoms with van der Waals surface area (Å²) in [5.41, 5.74) is 0.117. The van der Waals surface area contributed by atoms with Crippen molar-refractivity contribution in [2.24, 2.45) is 11.8 Å². The molecule has 0 aliphatic carbocycles. The second-order valence-electron chi connectivity index (χ2n) is 8.03. The number of rotatable bonds is 1. The van der Waals surface area contributed by atoms with Crippen LogP contribution in [0.4, 0.5) is 5.13 Å². The summed E-state index contributed by atoms with van der Waals surface area (Å²) in [6, 6.07) is 0.851. The minimum Gasteiger partial charge on any atom is -0.346 e.